The number of fused-ring (bicyclic) bond motifs is 1. The number of nitrogens with one attached hydrogen (secondary N) is 1. The molecule has 0 radical (unpaired) electrons. The average Bonchev–Trinajstić information content (AvgIpc) is 2.80. The fraction of sp³-hybridized carbons (Fsp3) is 0.286. The molecule has 0 spiro atoms. The lowest BCUT2D eigenvalue weighted by Gasteiger charge is -2.14. The smallest absolute Gasteiger partial charge is 0.328 e. The molecule has 0 saturated heterocycles. The topological polar surface area (TPSA) is 80.6 Å². The molecule has 0 aliphatic carbocycles. The van der Waals surface area contributed by atoms with E-state index in [9.17, 15) is 9.59 Å². The summed E-state index contributed by atoms with van der Waals surface area (Å²) in [5.41, 5.74) is 0.816. The number of benzene rings is 1. The van der Waals surface area contributed by atoms with Crippen molar-refractivity contribution in [2.45, 2.75) is 12.6 Å². The number of halogens is 1. The van der Waals surface area contributed by atoms with Crippen molar-refractivity contribution in [3.63, 3.8) is 0 Å². The van der Waals surface area contributed by atoms with Crippen molar-refractivity contribution in [3.8, 4) is 0 Å². The van der Waals surface area contributed by atoms with E-state index in [1.165, 1.54) is 7.11 Å². The van der Waals surface area contributed by atoms with E-state index in [0.717, 1.165) is 10.9 Å². The first-order valence-corrected chi connectivity index (χ1v) is 6.64. The van der Waals surface area contributed by atoms with Gasteiger partial charge in [-0.25, -0.2) is 4.79 Å². The van der Waals surface area contributed by atoms with Crippen molar-refractivity contribution in [1.29, 1.82) is 0 Å². The minimum absolute atomic E-state index is 0.0112. The Kier molecular flexibility index (Phi) is 4.82. The third kappa shape index (κ3) is 3.74. The summed E-state index contributed by atoms with van der Waals surface area (Å²) in [7, 11) is 1.38. The maximum absolute atomic E-state index is 11.9. The number of carbonyl (C=O) groups excluding carboxylic acids is 1. The van der Waals surface area contributed by atoms with Gasteiger partial charge >= 0.3 is 5.97 Å². The van der Waals surface area contributed by atoms with Crippen LogP contribution in [0.5, 0.6) is 0 Å². The van der Waals surface area contributed by atoms with E-state index in [-0.39, 0.29) is 13.2 Å². The summed E-state index contributed by atoms with van der Waals surface area (Å²) in [4.78, 5) is 22.9. The van der Waals surface area contributed by atoms with E-state index in [2.05, 4.69) is 5.32 Å². The molecular formula is C14H15ClN2O4. The summed E-state index contributed by atoms with van der Waals surface area (Å²) in [6.45, 7) is -0.0728. The van der Waals surface area contributed by atoms with Crippen molar-refractivity contribution >= 4 is 34.4 Å². The van der Waals surface area contributed by atoms with E-state index in [0.29, 0.717) is 5.02 Å². The number of ether oxygens (including phenoxy) is 1. The fourth-order valence-electron chi connectivity index (χ4n) is 2.03. The molecule has 1 aromatic heterocycles. The van der Waals surface area contributed by atoms with Crippen LogP contribution in [0.25, 0.3) is 10.9 Å². The van der Waals surface area contributed by atoms with Crippen LogP contribution in [-0.4, -0.2) is 41.3 Å². The van der Waals surface area contributed by atoms with Gasteiger partial charge in [-0.1, -0.05) is 17.7 Å². The summed E-state index contributed by atoms with van der Waals surface area (Å²) >= 11 is 5.94. The lowest BCUT2D eigenvalue weighted by Crippen LogP contribution is -2.45. The first-order valence-electron chi connectivity index (χ1n) is 6.26. The van der Waals surface area contributed by atoms with Crippen molar-refractivity contribution in [2.24, 2.45) is 0 Å². The van der Waals surface area contributed by atoms with Crippen LogP contribution in [-0.2, 0) is 20.9 Å². The highest BCUT2D eigenvalue weighted by Crippen LogP contribution is 2.20. The molecule has 2 aromatic rings. The van der Waals surface area contributed by atoms with E-state index in [4.69, 9.17) is 21.4 Å². The number of amides is 1. The van der Waals surface area contributed by atoms with Gasteiger partial charge in [0, 0.05) is 23.8 Å². The molecule has 0 bridgehead atoms. The van der Waals surface area contributed by atoms with Crippen molar-refractivity contribution < 1.29 is 19.4 Å². The first-order chi connectivity index (χ1) is 10.0. The number of aliphatic carboxylic acids is 1. The molecule has 1 unspecified atom stereocenters. The number of aromatic nitrogens is 1. The largest absolute Gasteiger partial charge is 0.480 e. The number of carbonyl (C=O) groups is 2. The van der Waals surface area contributed by atoms with Gasteiger partial charge in [-0.15, -0.1) is 0 Å². The molecule has 0 fully saturated rings. The second-order valence-corrected chi connectivity index (χ2v) is 5.00. The summed E-state index contributed by atoms with van der Waals surface area (Å²) in [6, 6.07) is 6.19. The van der Waals surface area contributed by atoms with Gasteiger partial charge in [0.2, 0.25) is 5.91 Å². The maximum atomic E-state index is 11.9. The van der Waals surface area contributed by atoms with Gasteiger partial charge in [-0.05, 0) is 23.6 Å². The molecule has 0 aliphatic heterocycles. The molecule has 0 aliphatic rings. The molecule has 1 aromatic carbocycles. The molecule has 112 valence electrons. The Hall–Kier alpha value is -2.05. The van der Waals surface area contributed by atoms with Crippen LogP contribution in [0.1, 0.15) is 0 Å². The quantitative estimate of drug-likeness (QED) is 0.847. The minimum Gasteiger partial charge on any atom is -0.480 e. The van der Waals surface area contributed by atoms with Crippen LogP contribution in [0.3, 0.4) is 0 Å². The first kappa shape index (κ1) is 15.3. The van der Waals surface area contributed by atoms with Crippen molar-refractivity contribution in [2.75, 3.05) is 13.7 Å². The zero-order valence-electron chi connectivity index (χ0n) is 11.4. The summed E-state index contributed by atoms with van der Waals surface area (Å²) in [5.74, 6) is -1.54. The van der Waals surface area contributed by atoms with Crippen molar-refractivity contribution in [3.05, 3.63) is 35.5 Å². The predicted octanol–water partition coefficient (Wildman–Crippen LogP) is 1.51. The highest BCUT2D eigenvalue weighted by molar-refractivity contribution is 6.31. The Morgan fingerprint density at radius 3 is 2.86 bits per heavy atom. The number of methoxy groups -OCH3 is 1. The normalized spacial score (nSPS) is 12.3. The Bertz CT molecular complexity index is 668. The predicted molar refractivity (Wildman–Crippen MR) is 78.4 cm³/mol. The van der Waals surface area contributed by atoms with Gasteiger partial charge in [-0.3, -0.25) is 4.79 Å². The highest BCUT2D eigenvalue weighted by atomic mass is 35.5. The molecule has 1 amide bonds. The number of hydrogen-bond acceptors (Lipinski definition) is 3. The third-order valence-corrected chi connectivity index (χ3v) is 3.25. The number of rotatable bonds is 6. The Balaban J connectivity index is 2.10. The Labute approximate surface area is 126 Å². The molecule has 1 heterocycles. The minimum atomic E-state index is -1.13. The van der Waals surface area contributed by atoms with Gasteiger partial charge in [-0.2, -0.15) is 0 Å². The molecule has 0 saturated carbocycles. The van der Waals surface area contributed by atoms with Crippen LogP contribution in [0.4, 0.5) is 0 Å². The van der Waals surface area contributed by atoms with Gasteiger partial charge in [0.15, 0.2) is 6.04 Å². The zero-order chi connectivity index (χ0) is 15.4. The molecule has 7 heteroatoms. The van der Waals surface area contributed by atoms with E-state index >= 15 is 0 Å². The van der Waals surface area contributed by atoms with Gasteiger partial charge in [0.1, 0.15) is 6.54 Å². The number of carboxylic acid groups (broad SMARTS) is 1. The van der Waals surface area contributed by atoms with Crippen LogP contribution in [0.2, 0.25) is 5.02 Å². The summed E-state index contributed by atoms with van der Waals surface area (Å²) < 4.78 is 6.48. The maximum Gasteiger partial charge on any atom is 0.328 e. The van der Waals surface area contributed by atoms with E-state index < -0.39 is 17.9 Å². The zero-order valence-corrected chi connectivity index (χ0v) is 12.1. The van der Waals surface area contributed by atoms with Crippen LogP contribution in [0, 0.1) is 0 Å². The second-order valence-electron chi connectivity index (χ2n) is 4.56. The average molecular weight is 311 g/mol. The van der Waals surface area contributed by atoms with E-state index in [1.807, 2.05) is 12.1 Å². The lowest BCUT2D eigenvalue weighted by atomic mass is 10.2. The summed E-state index contributed by atoms with van der Waals surface area (Å²) in [5, 5.41) is 12.9. The molecule has 2 N–H and O–H groups in total. The highest BCUT2D eigenvalue weighted by Gasteiger charge is 2.19. The van der Waals surface area contributed by atoms with Crippen LogP contribution in [0.15, 0.2) is 30.5 Å². The number of nitrogens with zero attached hydrogens (tertiary/aromatic N) is 1. The Morgan fingerprint density at radius 2 is 2.19 bits per heavy atom. The molecule has 6 nitrogen and oxygen atoms in total. The fourth-order valence-corrected chi connectivity index (χ4v) is 2.20. The monoisotopic (exact) mass is 310 g/mol. The second kappa shape index (κ2) is 6.60. The number of hydrogen-bond donors (Lipinski definition) is 2. The van der Waals surface area contributed by atoms with Gasteiger partial charge in [0.25, 0.3) is 0 Å². The van der Waals surface area contributed by atoms with Crippen LogP contribution >= 0.6 is 11.6 Å². The van der Waals surface area contributed by atoms with Gasteiger partial charge in [0.05, 0.1) is 6.61 Å². The molecule has 2 rings (SSSR count). The SMILES string of the molecule is COCC(NC(=O)Cn1ccc2ccc(Cl)cc21)C(=O)O. The Morgan fingerprint density at radius 1 is 1.43 bits per heavy atom. The van der Waals surface area contributed by atoms with Crippen LogP contribution < -0.4 is 5.32 Å². The number of carboxylic acids is 1. The molecule has 21 heavy (non-hydrogen) atoms. The van der Waals surface area contributed by atoms with Crippen molar-refractivity contribution in [1.82, 2.24) is 9.88 Å². The molecule has 1 atom stereocenters. The standard InChI is InChI=1S/C14H15ClN2O4/c1-21-8-11(14(19)20)16-13(18)7-17-5-4-9-2-3-10(15)6-12(9)17/h2-6,11H,7-8H2,1H3,(H,16,18)(H,19,20). The van der Waals surface area contributed by atoms with E-state index in [1.54, 1.807) is 22.9 Å². The molecular weight excluding hydrogens is 296 g/mol. The van der Waals surface area contributed by atoms with Gasteiger partial charge < -0.3 is 19.7 Å². The summed E-state index contributed by atoms with van der Waals surface area (Å²) in [6.07, 6.45) is 1.76. The third-order valence-electron chi connectivity index (χ3n) is 3.02. The lowest BCUT2D eigenvalue weighted by molar-refractivity contribution is -0.143.